The van der Waals surface area contributed by atoms with E-state index in [2.05, 4.69) is 4.98 Å². The minimum absolute atomic E-state index is 0.0111. The maximum atomic E-state index is 11.8. The molecule has 0 radical (unpaired) electrons. The van der Waals surface area contributed by atoms with Crippen molar-refractivity contribution in [2.45, 2.75) is 27.2 Å². The number of fused-ring (bicyclic) bond motifs is 2. The number of rotatable bonds is 7. The Morgan fingerprint density at radius 1 is 1.15 bits per heavy atom. The summed E-state index contributed by atoms with van der Waals surface area (Å²) in [6, 6.07) is 7.54. The van der Waals surface area contributed by atoms with Gasteiger partial charge in [-0.2, -0.15) is 0 Å². The summed E-state index contributed by atoms with van der Waals surface area (Å²) in [6.45, 7) is 6.23. The van der Waals surface area contributed by atoms with Crippen molar-refractivity contribution in [2.75, 3.05) is 13.7 Å². The number of carbonyl (C=O) groups is 1. The van der Waals surface area contributed by atoms with Gasteiger partial charge in [-0.15, -0.1) is 0 Å². The van der Waals surface area contributed by atoms with Gasteiger partial charge < -0.3 is 13.9 Å². The standard InChI is InChI=1S/C22H23NO4/c1-14(2)11-16(24)12-15(3)7-9-26-17-5-6-18-20(13-17)23-22-19(8-10-27-22)21(18)25-4/h5-6,8,10-13H,7,9H2,1-4H3/b15-12+. The summed E-state index contributed by atoms with van der Waals surface area (Å²) in [4.78, 5) is 16.3. The third-order valence-corrected chi connectivity index (χ3v) is 4.11. The number of allylic oxidation sites excluding steroid dienone is 3. The van der Waals surface area contributed by atoms with Gasteiger partial charge in [0.1, 0.15) is 11.5 Å². The van der Waals surface area contributed by atoms with Crippen molar-refractivity contribution >= 4 is 27.8 Å². The molecule has 0 unspecified atom stereocenters. The fourth-order valence-corrected chi connectivity index (χ4v) is 2.89. The third-order valence-electron chi connectivity index (χ3n) is 4.11. The Morgan fingerprint density at radius 2 is 1.96 bits per heavy atom. The number of furan rings is 1. The van der Waals surface area contributed by atoms with Crippen molar-refractivity contribution in [1.29, 1.82) is 0 Å². The second-order valence-corrected chi connectivity index (χ2v) is 6.68. The molecule has 2 aromatic heterocycles. The normalized spacial score (nSPS) is 11.6. The highest BCUT2D eigenvalue weighted by atomic mass is 16.5. The Bertz CT molecular complexity index is 1040. The van der Waals surface area contributed by atoms with Crippen molar-refractivity contribution in [3.63, 3.8) is 0 Å². The summed E-state index contributed by atoms with van der Waals surface area (Å²) in [7, 11) is 1.64. The first kappa shape index (κ1) is 18.7. The number of pyridine rings is 1. The molecule has 0 aliphatic rings. The maximum absolute atomic E-state index is 11.8. The molecular weight excluding hydrogens is 342 g/mol. The smallest absolute Gasteiger partial charge is 0.230 e. The molecule has 0 spiro atoms. The zero-order valence-electron chi connectivity index (χ0n) is 16.0. The van der Waals surface area contributed by atoms with Crippen molar-refractivity contribution in [2.24, 2.45) is 0 Å². The molecule has 5 heteroatoms. The minimum atomic E-state index is 0.0111. The molecule has 0 amide bonds. The van der Waals surface area contributed by atoms with Crippen LogP contribution in [0.1, 0.15) is 27.2 Å². The van der Waals surface area contributed by atoms with Crippen LogP contribution < -0.4 is 9.47 Å². The number of aromatic nitrogens is 1. The molecule has 140 valence electrons. The topological polar surface area (TPSA) is 61.6 Å². The van der Waals surface area contributed by atoms with E-state index in [1.54, 1.807) is 25.5 Å². The fraction of sp³-hybridized carbons (Fsp3) is 0.273. The SMILES string of the molecule is COc1c2ccc(OCC/C(C)=C/C(=O)C=C(C)C)cc2nc2occc12. The van der Waals surface area contributed by atoms with Crippen LogP contribution in [0.5, 0.6) is 11.5 Å². The molecule has 0 N–H and O–H groups in total. The van der Waals surface area contributed by atoms with E-state index in [-0.39, 0.29) is 5.78 Å². The zero-order chi connectivity index (χ0) is 19.4. The number of nitrogens with zero attached hydrogens (tertiary/aromatic N) is 1. The Labute approximate surface area is 158 Å². The molecule has 27 heavy (non-hydrogen) atoms. The first-order chi connectivity index (χ1) is 13.0. The van der Waals surface area contributed by atoms with E-state index in [0.29, 0.717) is 24.5 Å². The van der Waals surface area contributed by atoms with Crippen LogP contribution in [0.2, 0.25) is 0 Å². The average Bonchev–Trinajstić information content (AvgIpc) is 3.06. The van der Waals surface area contributed by atoms with Crippen molar-refractivity contribution in [1.82, 2.24) is 4.98 Å². The van der Waals surface area contributed by atoms with Crippen molar-refractivity contribution in [3.05, 3.63) is 53.8 Å². The molecule has 2 heterocycles. The lowest BCUT2D eigenvalue weighted by atomic mass is 10.1. The van der Waals surface area contributed by atoms with E-state index in [1.807, 2.05) is 45.0 Å². The molecular formula is C22H23NO4. The van der Waals surface area contributed by atoms with Gasteiger partial charge in [-0.25, -0.2) is 4.98 Å². The van der Waals surface area contributed by atoms with Crippen LogP contribution in [0, 0.1) is 0 Å². The van der Waals surface area contributed by atoms with Crippen LogP contribution in [-0.4, -0.2) is 24.5 Å². The van der Waals surface area contributed by atoms with Crippen LogP contribution >= 0.6 is 0 Å². The van der Waals surface area contributed by atoms with Crippen LogP contribution in [0.15, 0.2) is 58.2 Å². The molecule has 0 saturated carbocycles. The first-order valence-corrected chi connectivity index (χ1v) is 8.81. The number of hydrogen-bond donors (Lipinski definition) is 0. The number of methoxy groups -OCH3 is 1. The summed E-state index contributed by atoms with van der Waals surface area (Å²) in [6.07, 6.45) is 5.55. The summed E-state index contributed by atoms with van der Waals surface area (Å²) < 4.78 is 16.8. The van der Waals surface area contributed by atoms with Crippen molar-refractivity contribution < 1.29 is 18.7 Å². The zero-order valence-corrected chi connectivity index (χ0v) is 16.0. The van der Waals surface area contributed by atoms with E-state index in [4.69, 9.17) is 13.9 Å². The summed E-state index contributed by atoms with van der Waals surface area (Å²) in [5, 5.41) is 1.75. The number of ether oxygens (including phenoxy) is 2. The van der Waals surface area contributed by atoms with E-state index < -0.39 is 0 Å². The average molecular weight is 365 g/mol. The van der Waals surface area contributed by atoms with E-state index in [0.717, 1.165) is 33.2 Å². The lowest BCUT2D eigenvalue weighted by molar-refractivity contribution is -0.110. The molecule has 5 nitrogen and oxygen atoms in total. The monoisotopic (exact) mass is 365 g/mol. The quantitative estimate of drug-likeness (QED) is 0.536. The molecule has 3 aromatic rings. The first-order valence-electron chi connectivity index (χ1n) is 8.81. The molecule has 0 aliphatic heterocycles. The Balaban J connectivity index is 1.73. The predicted octanol–water partition coefficient (Wildman–Crippen LogP) is 5.24. The lowest BCUT2D eigenvalue weighted by Gasteiger charge is -2.09. The van der Waals surface area contributed by atoms with E-state index >= 15 is 0 Å². The van der Waals surface area contributed by atoms with E-state index in [1.165, 1.54) is 0 Å². The van der Waals surface area contributed by atoms with Gasteiger partial charge in [0.2, 0.25) is 5.71 Å². The lowest BCUT2D eigenvalue weighted by Crippen LogP contribution is -2.00. The van der Waals surface area contributed by atoms with Gasteiger partial charge >= 0.3 is 0 Å². The van der Waals surface area contributed by atoms with Gasteiger partial charge in [-0.05, 0) is 51.1 Å². The van der Waals surface area contributed by atoms with Gasteiger partial charge in [-0.3, -0.25) is 4.79 Å². The summed E-state index contributed by atoms with van der Waals surface area (Å²) in [5.74, 6) is 1.47. The van der Waals surface area contributed by atoms with Crippen LogP contribution in [0.25, 0.3) is 22.0 Å². The van der Waals surface area contributed by atoms with Crippen LogP contribution in [-0.2, 0) is 4.79 Å². The predicted molar refractivity (Wildman–Crippen MR) is 106 cm³/mol. The van der Waals surface area contributed by atoms with Gasteiger partial charge in [0.25, 0.3) is 0 Å². The van der Waals surface area contributed by atoms with E-state index in [9.17, 15) is 4.79 Å². The highest BCUT2D eigenvalue weighted by Gasteiger charge is 2.12. The molecule has 3 rings (SSSR count). The van der Waals surface area contributed by atoms with Crippen molar-refractivity contribution in [3.8, 4) is 11.5 Å². The molecule has 0 fully saturated rings. The van der Waals surface area contributed by atoms with Crippen LogP contribution in [0.4, 0.5) is 0 Å². The highest BCUT2D eigenvalue weighted by Crippen LogP contribution is 2.34. The molecule has 1 aromatic carbocycles. The largest absolute Gasteiger partial charge is 0.495 e. The highest BCUT2D eigenvalue weighted by molar-refractivity contribution is 6.00. The molecule has 0 bridgehead atoms. The molecule has 0 aliphatic carbocycles. The van der Waals surface area contributed by atoms with Crippen LogP contribution in [0.3, 0.4) is 0 Å². The maximum Gasteiger partial charge on any atom is 0.230 e. The summed E-state index contributed by atoms with van der Waals surface area (Å²) in [5.41, 5.74) is 3.26. The second-order valence-electron chi connectivity index (χ2n) is 6.68. The fourth-order valence-electron chi connectivity index (χ4n) is 2.89. The number of ketones is 1. The molecule has 0 atom stereocenters. The Kier molecular flexibility index (Phi) is 5.60. The minimum Gasteiger partial charge on any atom is -0.495 e. The third kappa shape index (κ3) is 4.37. The van der Waals surface area contributed by atoms with Gasteiger partial charge in [0.15, 0.2) is 5.78 Å². The van der Waals surface area contributed by atoms with Gasteiger partial charge in [0.05, 0.1) is 30.9 Å². The molecule has 0 saturated heterocycles. The number of carbonyl (C=O) groups excluding carboxylic acids is 1. The Hall–Kier alpha value is -3.08. The Morgan fingerprint density at radius 3 is 2.70 bits per heavy atom. The number of benzene rings is 1. The summed E-state index contributed by atoms with van der Waals surface area (Å²) >= 11 is 0. The van der Waals surface area contributed by atoms with Gasteiger partial charge in [0, 0.05) is 17.9 Å². The van der Waals surface area contributed by atoms with Gasteiger partial charge in [-0.1, -0.05) is 11.1 Å². The second kappa shape index (κ2) is 8.08. The number of hydrogen-bond acceptors (Lipinski definition) is 5.